The van der Waals surface area contributed by atoms with E-state index in [0.29, 0.717) is 0 Å². The molecule has 0 saturated carbocycles. The Kier molecular flexibility index (Phi) is 6.51. The molecule has 0 bridgehead atoms. The Morgan fingerprint density at radius 2 is 1.64 bits per heavy atom. The quantitative estimate of drug-likeness (QED) is 0.556. The third-order valence-electron chi connectivity index (χ3n) is 1.23. The molecule has 0 aromatic carbocycles. The SMILES string of the molecule is CC(C)O.CN1CCOCC1. The van der Waals surface area contributed by atoms with Gasteiger partial charge in [-0.3, -0.25) is 0 Å². The second-order valence-corrected chi connectivity index (χ2v) is 3.01. The standard InChI is InChI=1S/C5H11NO.C3H8O/c1-6-2-4-7-5-3-6;1-3(2)4/h2-5H2,1H3;3-4H,1-2H3. The summed E-state index contributed by atoms with van der Waals surface area (Å²) in [4.78, 5) is 2.27. The summed E-state index contributed by atoms with van der Waals surface area (Å²) in [5.74, 6) is 0. The van der Waals surface area contributed by atoms with Crippen molar-refractivity contribution in [2.75, 3.05) is 33.4 Å². The third kappa shape index (κ3) is 9.88. The van der Waals surface area contributed by atoms with Gasteiger partial charge in [-0.1, -0.05) is 0 Å². The minimum Gasteiger partial charge on any atom is -0.394 e. The minimum atomic E-state index is -0.167. The maximum absolute atomic E-state index is 8.06. The van der Waals surface area contributed by atoms with E-state index in [4.69, 9.17) is 9.84 Å². The summed E-state index contributed by atoms with van der Waals surface area (Å²) in [6.45, 7) is 7.47. The second kappa shape index (κ2) is 6.58. The van der Waals surface area contributed by atoms with Crippen molar-refractivity contribution in [1.82, 2.24) is 4.90 Å². The van der Waals surface area contributed by atoms with Crippen molar-refractivity contribution in [2.24, 2.45) is 0 Å². The molecule has 0 unspecified atom stereocenters. The van der Waals surface area contributed by atoms with Gasteiger partial charge >= 0.3 is 0 Å². The first-order valence-electron chi connectivity index (χ1n) is 4.07. The summed E-state index contributed by atoms with van der Waals surface area (Å²) in [6, 6.07) is 0. The maximum Gasteiger partial charge on any atom is 0.0594 e. The Labute approximate surface area is 69.0 Å². The second-order valence-electron chi connectivity index (χ2n) is 3.01. The number of hydrogen-bond acceptors (Lipinski definition) is 3. The smallest absolute Gasteiger partial charge is 0.0594 e. The highest BCUT2D eigenvalue weighted by molar-refractivity contribution is 4.53. The molecule has 0 aliphatic carbocycles. The van der Waals surface area contributed by atoms with Gasteiger partial charge in [-0.15, -0.1) is 0 Å². The van der Waals surface area contributed by atoms with Gasteiger partial charge in [0.05, 0.1) is 13.2 Å². The summed E-state index contributed by atoms with van der Waals surface area (Å²) < 4.78 is 5.10. The van der Waals surface area contributed by atoms with Crippen LogP contribution in [0.3, 0.4) is 0 Å². The number of morpholine rings is 1. The van der Waals surface area contributed by atoms with E-state index in [1.54, 1.807) is 13.8 Å². The highest BCUT2D eigenvalue weighted by Gasteiger charge is 2.02. The molecule has 3 heteroatoms. The molecule has 0 amide bonds. The van der Waals surface area contributed by atoms with E-state index in [1.165, 1.54) is 0 Å². The lowest BCUT2D eigenvalue weighted by molar-refractivity contribution is 0.0503. The fraction of sp³-hybridized carbons (Fsp3) is 1.00. The predicted octanol–water partition coefficient (Wildman–Crippen LogP) is 0.335. The third-order valence-corrected chi connectivity index (χ3v) is 1.23. The molecule has 3 nitrogen and oxygen atoms in total. The van der Waals surface area contributed by atoms with Crippen molar-refractivity contribution >= 4 is 0 Å². The fourth-order valence-electron chi connectivity index (χ4n) is 0.655. The molecule has 1 fully saturated rings. The fourth-order valence-corrected chi connectivity index (χ4v) is 0.655. The number of aliphatic hydroxyl groups excluding tert-OH is 1. The van der Waals surface area contributed by atoms with Gasteiger partial charge < -0.3 is 14.7 Å². The van der Waals surface area contributed by atoms with E-state index in [0.717, 1.165) is 26.3 Å². The van der Waals surface area contributed by atoms with Crippen LogP contribution in [0.15, 0.2) is 0 Å². The van der Waals surface area contributed by atoms with Crippen LogP contribution in [0.4, 0.5) is 0 Å². The molecule has 68 valence electrons. The molecule has 1 saturated heterocycles. The molecule has 1 rings (SSSR count). The van der Waals surface area contributed by atoms with Crippen LogP contribution < -0.4 is 0 Å². The van der Waals surface area contributed by atoms with E-state index in [1.807, 2.05) is 0 Å². The summed E-state index contributed by atoms with van der Waals surface area (Å²) >= 11 is 0. The first-order valence-corrected chi connectivity index (χ1v) is 4.07. The lowest BCUT2D eigenvalue weighted by Crippen LogP contribution is -2.32. The van der Waals surface area contributed by atoms with Gasteiger partial charge in [0.25, 0.3) is 0 Å². The van der Waals surface area contributed by atoms with Crippen molar-refractivity contribution in [3.05, 3.63) is 0 Å². The van der Waals surface area contributed by atoms with Gasteiger partial charge in [-0.05, 0) is 20.9 Å². The molecule has 11 heavy (non-hydrogen) atoms. The Bertz CT molecular complexity index is 77.4. The largest absolute Gasteiger partial charge is 0.394 e. The molecule has 0 aromatic rings. The van der Waals surface area contributed by atoms with Crippen LogP contribution >= 0.6 is 0 Å². The summed E-state index contributed by atoms with van der Waals surface area (Å²) in [7, 11) is 2.11. The number of rotatable bonds is 0. The molecule has 0 spiro atoms. The van der Waals surface area contributed by atoms with Gasteiger partial charge in [-0.25, -0.2) is 0 Å². The first-order chi connectivity index (χ1) is 5.13. The van der Waals surface area contributed by atoms with E-state index in [2.05, 4.69) is 11.9 Å². The highest BCUT2D eigenvalue weighted by atomic mass is 16.5. The van der Waals surface area contributed by atoms with Gasteiger partial charge in [0.2, 0.25) is 0 Å². The van der Waals surface area contributed by atoms with E-state index in [9.17, 15) is 0 Å². The van der Waals surface area contributed by atoms with E-state index < -0.39 is 0 Å². The van der Waals surface area contributed by atoms with Gasteiger partial charge in [0.15, 0.2) is 0 Å². The Morgan fingerprint density at radius 1 is 1.27 bits per heavy atom. The summed E-state index contributed by atoms with van der Waals surface area (Å²) in [5.41, 5.74) is 0. The molecule has 1 aliphatic heterocycles. The molecular weight excluding hydrogens is 142 g/mol. The van der Waals surface area contributed by atoms with E-state index in [-0.39, 0.29) is 6.10 Å². The molecule has 1 heterocycles. The molecule has 0 aromatic heterocycles. The first kappa shape index (κ1) is 10.9. The Hall–Kier alpha value is -0.120. The summed E-state index contributed by atoms with van der Waals surface area (Å²) in [6.07, 6.45) is -0.167. The lowest BCUT2D eigenvalue weighted by Gasteiger charge is -2.21. The lowest BCUT2D eigenvalue weighted by atomic mass is 10.5. The minimum absolute atomic E-state index is 0.167. The van der Waals surface area contributed by atoms with Crippen LogP contribution in [0, 0.1) is 0 Å². The maximum atomic E-state index is 8.06. The number of aliphatic hydroxyl groups is 1. The zero-order chi connectivity index (χ0) is 8.69. The van der Waals surface area contributed by atoms with Crippen LogP contribution in [-0.4, -0.2) is 49.5 Å². The Balaban J connectivity index is 0.000000218. The van der Waals surface area contributed by atoms with Gasteiger partial charge in [0.1, 0.15) is 0 Å². The topological polar surface area (TPSA) is 32.7 Å². The Morgan fingerprint density at radius 3 is 1.82 bits per heavy atom. The zero-order valence-electron chi connectivity index (χ0n) is 7.71. The number of ether oxygens (including phenoxy) is 1. The van der Waals surface area contributed by atoms with Gasteiger partial charge in [-0.2, -0.15) is 0 Å². The monoisotopic (exact) mass is 161 g/mol. The van der Waals surface area contributed by atoms with Crippen LogP contribution in [0.5, 0.6) is 0 Å². The van der Waals surface area contributed by atoms with Crippen molar-refractivity contribution in [3.8, 4) is 0 Å². The molecule has 0 atom stereocenters. The van der Waals surface area contributed by atoms with Crippen molar-refractivity contribution in [3.63, 3.8) is 0 Å². The highest BCUT2D eigenvalue weighted by Crippen LogP contribution is 1.89. The zero-order valence-corrected chi connectivity index (χ0v) is 7.71. The molecular formula is C8H19NO2. The van der Waals surface area contributed by atoms with Crippen molar-refractivity contribution < 1.29 is 9.84 Å². The number of hydrogen-bond donors (Lipinski definition) is 1. The molecule has 0 radical (unpaired) electrons. The summed E-state index contributed by atoms with van der Waals surface area (Å²) in [5, 5.41) is 8.06. The van der Waals surface area contributed by atoms with Gasteiger partial charge in [0, 0.05) is 19.2 Å². The molecule has 1 aliphatic rings. The number of likely N-dealkylation sites (N-methyl/N-ethyl adjacent to an activating group) is 1. The van der Waals surface area contributed by atoms with E-state index >= 15 is 0 Å². The van der Waals surface area contributed by atoms with Crippen LogP contribution in [0.2, 0.25) is 0 Å². The van der Waals surface area contributed by atoms with Crippen LogP contribution in [0.25, 0.3) is 0 Å². The van der Waals surface area contributed by atoms with Crippen molar-refractivity contribution in [2.45, 2.75) is 20.0 Å². The predicted molar refractivity (Wildman–Crippen MR) is 45.7 cm³/mol. The molecule has 1 N–H and O–H groups in total. The van der Waals surface area contributed by atoms with Crippen LogP contribution in [0.1, 0.15) is 13.8 Å². The average Bonchev–Trinajstić information content (AvgIpc) is 1.87. The average molecular weight is 161 g/mol. The number of nitrogens with zero attached hydrogens (tertiary/aromatic N) is 1. The normalized spacial score (nSPS) is 19.4. The van der Waals surface area contributed by atoms with Crippen LogP contribution in [-0.2, 0) is 4.74 Å². The van der Waals surface area contributed by atoms with Crippen molar-refractivity contribution in [1.29, 1.82) is 0 Å².